The highest BCUT2D eigenvalue weighted by molar-refractivity contribution is 7.10. The Morgan fingerprint density at radius 2 is 2.29 bits per heavy atom. The first-order valence-corrected chi connectivity index (χ1v) is 7.42. The molecule has 0 spiro atoms. The molecule has 1 atom stereocenters. The van der Waals surface area contributed by atoms with Gasteiger partial charge in [-0.15, -0.1) is 11.3 Å². The Labute approximate surface area is 126 Å². The predicted molar refractivity (Wildman–Crippen MR) is 82.0 cm³/mol. The second-order valence-corrected chi connectivity index (χ2v) is 5.48. The molecule has 0 aliphatic heterocycles. The van der Waals surface area contributed by atoms with E-state index in [9.17, 15) is 4.79 Å². The van der Waals surface area contributed by atoms with Crippen LogP contribution in [0.25, 0.3) is 11.3 Å². The number of hydrogen-bond acceptors (Lipinski definition) is 4. The fourth-order valence-electron chi connectivity index (χ4n) is 1.94. The van der Waals surface area contributed by atoms with Crippen molar-refractivity contribution in [1.29, 1.82) is 0 Å². The Kier molecular flexibility index (Phi) is 3.79. The summed E-state index contributed by atoms with van der Waals surface area (Å²) < 4.78 is 0. The lowest BCUT2D eigenvalue weighted by Gasteiger charge is -2.10. The first kappa shape index (κ1) is 13.5. The minimum absolute atomic E-state index is 0.134. The zero-order valence-electron chi connectivity index (χ0n) is 11.4. The number of aromatic nitrogens is 3. The summed E-state index contributed by atoms with van der Waals surface area (Å²) in [6, 6.07) is 7.24. The molecule has 3 aromatic heterocycles. The van der Waals surface area contributed by atoms with Gasteiger partial charge in [-0.25, -0.2) is 4.98 Å². The van der Waals surface area contributed by atoms with Crippen LogP contribution in [0.5, 0.6) is 0 Å². The number of pyridine rings is 1. The maximum atomic E-state index is 12.0. The average Bonchev–Trinajstić information content (AvgIpc) is 3.20. The third-order valence-corrected chi connectivity index (χ3v) is 4.07. The summed E-state index contributed by atoms with van der Waals surface area (Å²) in [4.78, 5) is 23.5. The van der Waals surface area contributed by atoms with Gasteiger partial charge in [0.15, 0.2) is 0 Å². The molecule has 0 aliphatic rings. The number of hydrogen-bond donors (Lipinski definition) is 2. The van der Waals surface area contributed by atoms with Gasteiger partial charge < -0.3 is 10.3 Å². The van der Waals surface area contributed by atoms with Crippen LogP contribution in [0.4, 0.5) is 0 Å². The standard InChI is InChI=1S/C15H14N4OS/c1-10(18-14(20)12-5-3-7-17-12)15-19-13(9-21-15)11-4-2-6-16-8-11/h2-10,17H,1H3,(H,18,20). The van der Waals surface area contributed by atoms with Crippen molar-refractivity contribution in [2.24, 2.45) is 0 Å². The lowest BCUT2D eigenvalue weighted by molar-refractivity contribution is 0.0935. The molecule has 106 valence electrons. The molecule has 6 heteroatoms. The molecule has 0 aliphatic carbocycles. The molecule has 21 heavy (non-hydrogen) atoms. The topological polar surface area (TPSA) is 70.7 Å². The minimum atomic E-state index is -0.142. The molecule has 0 saturated heterocycles. The molecule has 2 N–H and O–H groups in total. The molecule has 0 bridgehead atoms. The Balaban J connectivity index is 1.73. The van der Waals surface area contributed by atoms with Gasteiger partial charge in [-0.05, 0) is 31.2 Å². The zero-order valence-corrected chi connectivity index (χ0v) is 12.2. The molecule has 5 nitrogen and oxygen atoms in total. The fourth-order valence-corrected chi connectivity index (χ4v) is 2.78. The van der Waals surface area contributed by atoms with Crippen molar-refractivity contribution in [1.82, 2.24) is 20.3 Å². The van der Waals surface area contributed by atoms with Crippen LogP contribution in [-0.2, 0) is 0 Å². The quantitative estimate of drug-likeness (QED) is 0.777. The number of carbonyl (C=O) groups excluding carboxylic acids is 1. The number of thiazole rings is 1. The number of nitrogens with one attached hydrogen (secondary N) is 2. The second kappa shape index (κ2) is 5.88. The number of carbonyl (C=O) groups is 1. The van der Waals surface area contributed by atoms with Crippen LogP contribution in [-0.4, -0.2) is 20.9 Å². The summed E-state index contributed by atoms with van der Waals surface area (Å²) >= 11 is 1.53. The molecule has 0 fully saturated rings. The Morgan fingerprint density at radius 3 is 3.00 bits per heavy atom. The van der Waals surface area contributed by atoms with Crippen LogP contribution in [0.15, 0.2) is 48.2 Å². The lowest BCUT2D eigenvalue weighted by atomic mass is 10.2. The maximum Gasteiger partial charge on any atom is 0.268 e. The largest absolute Gasteiger partial charge is 0.357 e. The first-order valence-electron chi connectivity index (χ1n) is 6.54. The van der Waals surface area contributed by atoms with E-state index < -0.39 is 0 Å². The van der Waals surface area contributed by atoms with Crippen molar-refractivity contribution in [2.45, 2.75) is 13.0 Å². The van der Waals surface area contributed by atoms with Crippen LogP contribution in [0, 0.1) is 0 Å². The average molecular weight is 298 g/mol. The highest BCUT2D eigenvalue weighted by Crippen LogP contribution is 2.24. The highest BCUT2D eigenvalue weighted by Gasteiger charge is 2.15. The van der Waals surface area contributed by atoms with Gasteiger partial charge in [0.25, 0.3) is 5.91 Å². The van der Waals surface area contributed by atoms with Crippen molar-refractivity contribution >= 4 is 17.2 Å². The molecule has 0 radical (unpaired) electrons. The van der Waals surface area contributed by atoms with Crippen molar-refractivity contribution in [3.63, 3.8) is 0 Å². The summed E-state index contributed by atoms with van der Waals surface area (Å²) in [5.74, 6) is -0.134. The summed E-state index contributed by atoms with van der Waals surface area (Å²) in [6.07, 6.45) is 5.24. The van der Waals surface area contributed by atoms with Crippen LogP contribution >= 0.6 is 11.3 Å². The van der Waals surface area contributed by atoms with E-state index in [1.165, 1.54) is 11.3 Å². The van der Waals surface area contributed by atoms with Gasteiger partial charge in [-0.3, -0.25) is 9.78 Å². The van der Waals surface area contributed by atoms with E-state index >= 15 is 0 Å². The number of aromatic amines is 1. The third-order valence-electron chi connectivity index (χ3n) is 3.04. The van der Waals surface area contributed by atoms with Crippen LogP contribution in [0.2, 0.25) is 0 Å². The molecule has 3 heterocycles. The molecule has 0 saturated carbocycles. The van der Waals surface area contributed by atoms with Crippen LogP contribution in [0.1, 0.15) is 28.5 Å². The predicted octanol–water partition coefficient (Wildman–Crippen LogP) is 3.02. The second-order valence-electron chi connectivity index (χ2n) is 4.59. The lowest BCUT2D eigenvalue weighted by Crippen LogP contribution is -2.26. The Hall–Kier alpha value is -2.47. The zero-order chi connectivity index (χ0) is 14.7. The number of H-pyrrole nitrogens is 1. The molecule has 3 aromatic rings. The summed E-state index contributed by atoms with van der Waals surface area (Å²) in [6.45, 7) is 1.92. The smallest absolute Gasteiger partial charge is 0.268 e. The van der Waals surface area contributed by atoms with Crippen molar-refractivity contribution in [2.75, 3.05) is 0 Å². The molecular formula is C15H14N4OS. The summed E-state index contributed by atoms with van der Waals surface area (Å²) in [5, 5.41) is 5.77. The Bertz CT molecular complexity index is 721. The van der Waals surface area contributed by atoms with Gasteiger partial charge in [0.1, 0.15) is 10.7 Å². The summed E-state index contributed by atoms with van der Waals surface area (Å²) in [7, 11) is 0. The van der Waals surface area contributed by atoms with E-state index in [1.807, 2.05) is 24.4 Å². The molecular weight excluding hydrogens is 284 g/mol. The van der Waals surface area contributed by atoms with Gasteiger partial charge in [0.2, 0.25) is 0 Å². The number of nitrogens with zero attached hydrogens (tertiary/aromatic N) is 2. The minimum Gasteiger partial charge on any atom is -0.357 e. The van der Waals surface area contributed by atoms with Gasteiger partial charge >= 0.3 is 0 Å². The third kappa shape index (κ3) is 3.00. The van der Waals surface area contributed by atoms with E-state index in [2.05, 4.69) is 20.3 Å². The van der Waals surface area contributed by atoms with E-state index in [1.54, 1.807) is 30.7 Å². The van der Waals surface area contributed by atoms with Crippen LogP contribution < -0.4 is 5.32 Å². The van der Waals surface area contributed by atoms with Crippen molar-refractivity contribution in [3.05, 3.63) is 58.9 Å². The van der Waals surface area contributed by atoms with E-state index in [0.717, 1.165) is 16.3 Å². The van der Waals surface area contributed by atoms with Gasteiger partial charge in [-0.2, -0.15) is 0 Å². The summed E-state index contributed by atoms with van der Waals surface area (Å²) in [5.41, 5.74) is 2.40. The van der Waals surface area contributed by atoms with Crippen molar-refractivity contribution < 1.29 is 4.79 Å². The Morgan fingerprint density at radius 1 is 1.38 bits per heavy atom. The molecule has 0 aromatic carbocycles. The van der Waals surface area contributed by atoms with E-state index in [4.69, 9.17) is 0 Å². The number of rotatable bonds is 4. The van der Waals surface area contributed by atoms with Gasteiger partial charge in [-0.1, -0.05) is 0 Å². The molecule has 1 amide bonds. The normalized spacial score (nSPS) is 12.0. The van der Waals surface area contributed by atoms with Crippen LogP contribution in [0.3, 0.4) is 0 Å². The first-order chi connectivity index (χ1) is 10.2. The SMILES string of the molecule is CC(NC(=O)c1ccc[nH]1)c1nc(-c2cccnc2)cs1. The highest BCUT2D eigenvalue weighted by atomic mass is 32.1. The van der Waals surface area contributed by atoms with E-state index in [0.29, 0.717) is 5.69 Å². The fraction of sp³-hybridized carbons (Fsp3) is 0.133. The maximum absolute atomic E-state index is 12.0. The monoisotopic (exact) mass is 298 g/mol. The number of amides is 1. The van der Waals surface area contributed by atoms with Crippen molar-refractivity contribution in [3.8, 4) is 11.3 Å². The van der Waals surface area contributed by atoms with Gasteiger partial charge in [0.05, 0.1) is 11.7 Å². The van der Waals surface area contributed by atoms with E-state index in [-0.39, 0.29) is 11.9 Å². The molecule has 1 unspecified atom stereocenters. The van der Waals surface area contributed by atoms with Gasteiger partial charge in [0, 0.05) is 29.5 Å². The molecule has 3 rings (SSSR count).